The standard InChI is InChI=1S/C10H8ClNO2/c1-2-7-12(10(13)14)9-6-4-3-5-8(9)11/h1,3-6H,7H2,(H,13,14)/p-1. The summed E-state index contributed by atoms with van der Waals surface area (Å²) in [6.45, 7) is -0.0773. The summed E-state index contributed by atoms with van der Waals surface area (Å²) in [7, 11) is 0. The maximum Gasteiger partial charge on any atom is 0.142 e. The molecule has 0 aliphatic rings. The smallest absolute Gasteiger partial charge is 0.142 e. The summed E-state index contributed by atoms with van der Waals surface area (Å²) in [6.07, 6.45) is 3.66. The molecule has 0 aliphatic carbocycles. The molecule has 1 amide bonds. The Kier molecular flexibility index (Phi) is 3.38. The first-order valence-corrected chi connectivity index (χ1v) is 4.21. The van der Waals surface area contributed by atoms with E-state index in [0.29, 0.717) is 10.7 Å². The van der Waals surface area contributed by atoms with Crippen LogP contribution in [0.25, 0.3) is 0 Å². The molecule has 0 spiro atoms. The topological polar surface area (TPSA) is 43.4 Å². The van der Waals surface area contributed by atoms with E-state index in [4.69, 9.17) is 18.0 Å². The van der Waals surface area contributed by atoms with Gasteiger partial charge in [0, 0.05) is 0 Å². The molecular weight excluding hydrogens is 202 g/mol. The molecule has 0 aliphatic heterocycles. The third kappa shape index (κ3) is 2.18. The highest BCUT2D eigenvalue weighted by molar-refractivity contribution is 6.33. The van der Waals surface area contributed by atoms with Crippen LogP contribution in [0.5, 0.6) is 0 Å². The Morgan fingerprint density at radius 2 is 2.21 bits per heavy atom. The summed E-state index contributed by atoms with van der Waals surface area (Å²) in [5.74, 6) is 2.22. The molecule has 4 heteroatoms. The summed E-state index contributed by atoms with van der Waals surface area (Å²) in [4.78, 5) is 11.6. The minimum absolute atomic E-state index is 0.0773. The number of terminal acetylenes is 1. The van der Waals surface area contributed by atoms with Gasteiger partial charge in [-0.25, -0.2) is 0 Å². The quantitative estimate of drug-likeness (QED) is 0.684. The van der Waals surface area contributed by atoms with Gasteiger partial charge < -0.3 is 14.8 Å². The number of rotatable bonds is 2. The van der Waals surface area contributed by atoms with Crippen LogP contribution in [0.2, 0.25) is 5.02 Å². The molecule has 0 saturated carbocycles. The Morgan fingerprint density at radius 3 is 2.71 bits per heavy atom. The van der Waals surface area contributed by atoms with E-state index in [0.717, 1.165) is 4.90 Å². The fourth-order valence-corrected chi connectivity index (χ4v) is 1.25. The summed E-state index contributed by atoms with van der Waals surface area (Å²) < 4.78 is 0. The lowest BCUT2D eigenvalue weighted by atomic mass is 10.3. The third-order valence-corrected chi connectivity index (χ3v) is 1.93. The van der Waals surface area contributed by atoms with E-state index in [9.17, 15) is 9.90 Å². The van der Waals surface area contributed by atoms with Gasteiger partial charge in [-0.3, -0.25) is 0 Å². The van der Waals surface area contributed by atoms with Crippen molar-refractivity contribution < 1.29 is 9.90 Å². The zero-order valence-corrected chi connectivity index (χ0v) is 7.99. The first kappa shape index (κ1) is 10.4. The highest BCUT2D eigenvalue weighted by Gasteiger charge is 2.08. The van der Waals surface area contributed by atoms with Crippen molar-refractivity contribution in [2.75, 3.05) is 11.4 Å². The monoisotopic (exact) mass is 208 g/mol. The summed E-state index contributed by atoms with van der Waals surface area (Å²) in [6, 6.07) is 6.53. The van der Waals surface area contributed by atoms with E-state index < -0.39 is 6.09 Å². The number of hydrogen-bond donors (Lipinski definition) is 0. The first-order valence-electron chi connectivity index (χ1n) is 3.83. The van der Waals surface area contributed by atoms with Crippen LogP contribution in [0, 0.1) is 12.3 Å². The minimum Gasteiger partial charge on any atom is -0.530 e. The van der Waals surface area contributed by atoms with Crippen molar-refractivity contribution in [2.45, 2.75) is 0 Å². The lowest BCUT2D eigenvalue weighted by molar-refractivity contribution is -0.246. The molecule has 0 radical (unpaired) electrons. The van der Waals surface area contributed by atoms with Crippen molar-refractivity contribution in [1.29, 1.82) is 0 Å². The van der Waals surface area contributed by atoms with E-state index in [1.165, 1.54) is 0 Å². The van der Waals surface area contributed by atoms with Crippen LogP contribution < -0.4 is 10.0 Å². The molecule has 3 nitrogen and oxygen atoms in total. The number of carbonyl (C=O) groups is 1. The summed E-state index contributed by atoms with van der Waals surface area (Å²) >= 11 is 5.80. The predicted octanol–water partition coefficient (Wildman–Crippen LogP) is 1.12. The molecule has 0 heterocycles. The van der Waals surface area contributed by atoms with Gasteiger partial charge in [-0.15, -0.1) is 6.42 Å². The maximum absolute atomic E-state index is 10.7. The van der Waals surface area contributed by atoms with Crippen molar-refractivity contribution in [3.63, 3.8) is 0 Å². The summed E-state index contributed by atoms with van der Waals surface area (Å²) in [5.41, 5.74) is 0.340. The second-order valence-electron chi connectivity index (χ2n) is 2.51. The van der Waals surface area contributed by atoms with Gasteiger partial charge in [0.15, 0.2) is 0 Å². The second-order valence-corrected chi connectivity index (χ2v) is 2.91. The zero-order chi connectivity index (χ0) is 10.6. The van der Waals surface area contributed by atoms with E-state index >= 15 is 0 Å². The molecule has 0 fully saturated rings. The van der Waals surface area contributed by atoms with Crippen LogP contribution in [0.4, 0.5) is 10.5 Å². The van der Waals surface area contributed by atoms with E-state index in [2.05, 4.69) is 5.92 Å². The van der Waals surface area contributed by atoms with Crippen molar-refractivity contribution in [2.24, 2.45) is 0 Å². The Balaban J connectivity index is 3.06. The fraction of sp³-hybridized carbons (Fsp3) is 0.100. The van der Waals surface area contributed by atoms with E-state index in [-0.39, 0.29) is 6.54 Å². The molecule has 1 aromatic carbocycles. The van der Waals surface area contributed by atoms with Gasteiger partial charge in [-0.1, -0.05) is 29.7 Å². The summed E-state index contributed by atoms with van der Waals surface area (Å²) in [5, 5.41) is 11.0. The Hall–Kier alpha value is -1.66. The van der Waals surface area contributed by atoms with Crippen molar-refractivity contribution in [1.82, 2.24) is 0 Å². The number of carbonyl (C=O) groups excluding carboxylic acids is 1. The normalized spacial score (nSPS) is 9.14. The van der Waals surface area contributed by atoms with Crippen LogP contribution in [0.1, 0.15) is 0 Å². The average molecular weight is 209 g/mol. The van der Waals surface area contributed by atoms with Gasteiger partial charge in [0.25, 0.3) is 0 Å². The molecule has 0 saturated heterocycles. The average Bonchev–Trinajstić information content (AvgIpc) is 2.15. The van der Waals surface area contributed by atoms with Crippen molar-refractivity contribution >= 4 is 23.4 Å². The number of benzene rings is 1. The highest BCUT2D eigenvalue weighted by Crippen LogP contribution is 2.24. The van der Waals surface area contributed by atoms with Gasteiger partial charge in [0.2, 0.25) is 0 Å². The van der Waals surface area contributed by atoms with Crippen LogP contribution in [-0.2, 0) is 0 Å². The molecule has 0 aromatic heterocycles. The number of amides is 1. The van der Waals surface area contributed by atoms with Crippen LogP contribution in [0.3, 0.4) is 0 Å². The van der Waals surface area contributed by atoms with Gasteiger partial charge in [0.1, 0.15) is 6.09 Å². The third-order valence-electron chi connectivity index (χ3n) is 1.61. The molecule has 0 unspecified atom stereocenters. The molecule has 72 valence electrons. The van der Waals surface area contributed by atoms with Crippen molar-refractivity contribution in [3.05, 3.63) is 29.3 Å². The molecule has 1 aromatic rings. The maximum atomic E-state index is 10.7. The van der Waals surface area contributed by atoms with Gasteiger partial charge >= 0.3 is 0 Å². The van der Waals surface area contributed by atoms with Crippen LogP contribution >= 0.6 is 11.6 Å². The number of halogens is 1. The Bertz CT molecular complexity index is 384. The molecule has 0 atom stereocenters. The molecule has 0 N–H and O–H groups in total. The Labute approximate surface area is 86.9 Å². The molecule has 0 bridgehead atoms. The highest BCUT2D eigenvalue weighted by atomic mass is 35.5. The number of anilines is 1. The van der Waals surface area contributed by atoms with Gasteiger partial charge in [0.05, 0.1) is 17.3 Å². The predicted molar refractivity (Wildman–Crippen MR) is 53.0 cm³/mol. The molecular formula is C10H7ClNO2-. The van der Waals surface area contributed by atoms with Crippen LogP contribution in [-0.4, -0.2) is 12.6 Å². The minimum atomic E-state index is -1.36. The number of para-hydroxylation sites is 1. The lowest BCUT2D eigenvalue weighted by Crippen LogP contribution is -2.41. The van der Waals surface area contributed by atoms with Gasteiger partial charge in [-0.2, -0.15) is 0 Å². The fourth-order valence-electron chi connectivity index (χ4n) is 1.01. The largest absolute Gasteiger partial charge is 0.530 e. The second kappa shape index (κ2) is 4.54. The number of hydrogen-bond acceptors (Lipinski definition) is 2. The van der Waals surface area contributed by atoms with E-state index in [1.54, 1.807) is 24.3 Å². The lowest BCUT2D eigenvalue weighted by Gasteiger charge is -2.23. The number of nitrogens with zero attached hydrogens (tertiary/aromatic N) is 1. The first-order chi connectivity index (χ1) is 6.66. The van der Waals surface area contributed by atoms with Crippen molar-refractivity contribution in [3.8, 4) is 12.3 Å². The molecule has 1 rings (SSSR count). The zero-order valence-electron chi connectivity index (χ0n) is 7.24. The van der Waals surface area contributed by atoms with E-state index in [1.807, 2.05) is 0 Å². The Morgan fingerprint density at radius 1 is 1.57 bits per heavy atom. The SMILES string of the molecule is C#CCN(C(=O)[O-])c1ccccc1Cl. The van der Waals surface area contributed by atoms with Crippen LogP contribution in [0.15, 0.2) is 24.3 Å². The molecule has 14 heavy (non-hydrogen) atoms. The van der Waals surface area contributed by atoms with Gasteiger partial charge in [-0.05, 0) is 12.1 Å². The number of carboxylic acid groups (broad SMARTS) is 1.